The first kappa shape index (κ1) is 14.7. The zero-order valence-electron chi connectivity index (χ0n) is 12.0. The molecule has 0 saturated carbocycles. The lowest BCUT2D eigenvalue weighted by atomic mass is 9.91. The quantitative estimate of drug-likeness (QED) is 0.856. The van der Waals surface area contributed by atoms with Crippen LogP contribution in [0.15, 0.2) is 0 Å². The summed E-state index contributed by atoms with van der Waals surface area (Å²) in [5.74, 6) is -1.17. The summed E-state index contributed by atoms with van der Waals surface area (Å²) in [4.78, 5) is 19.3. The molecule has 7 heteroatoms. The van der Waals surface area contributed by atoms with Crippen molar-refractivity contribution in [2.24, 2.45) is 0 Å². The number of hydrogen-bond acceptors (Lipinski definition) is 6. The minimum Gasteiger partial charge on any atom is -0.481 e. The van der Waals surface area contributed by atoms with E-state index in [1.165, 1.54) is 0 Å². The average Bonchev–Trinajstić information content (AvgIpc) is 2.90. The molecule has 116 valence electrons. The number of hydrogen-bond donors (Lipinski definition) is 2. The summed E-state index contributed by atoms with van der Waals surface area (Å²) in [5, 5.41) is 13.5. The van der Waals surface area contributed by atoms with Crippen LogP contribution in [0.3, 0.4) is 0 Å². The Kier molecular flexibility index (Phi) is 4.72. The first-order valence-electron chi connectivity index (χ1n) is 7.50. The Labute approximate surface area is 128 Å². The summed E-state index contributed by atoms with van der Waals surface area (Å²) in [5.41, 5.74) is 0.785. The van der Waals surface area contributed by atoms with Gasteiger partial charge in [-0.3, -0.25) is 9.69 Å². The summed E-state index contributed by atoms with van der Waals surface area (Å²) < 4.78 is 5.33. The highest BCUT2D eigenvalue weighted by atomic mass is 32.1. The molecule has 1 atom stereocenters. The highest BCUT2D eigenvalue weighted by Crippen LogP contribution is 2.36. The molecule has 0 bridgehead atoms. The van der Waals surface area contributed by atoms with Gasteiger partial charge < -0.3 is 15.2 Å². The maximum absolute atomic E-state index is 11.3. The van der Waals surface area contributed by atoms with Crippen LogP contribution < -0.4 is 5.32 Å². The first-order chi connectivity index (χ1) is 10.2. The highest BCUT2D eigenvalue weighted by Gasteiger charge is 2.29. The Balaban J connectivity index is 1.55. The second-order valence-electron chi connectivity index (χ2n) is 5.49. The number of anilines is 1. The molecular weight excluding hydrogens is 290 g/mol. The summed E-state index contributed by atoms with van der Waals surface area (Å²) in [6.45, 7) is 5.39. The van der Waals surface area contributed by atoms with Crippen molar-refractivity contribution in [2.75, 3.05) is 44.7 Å². The van der Waals surface area contributed by atoms with Gasteiger partial charge in [0.15, 0.2) is 5.13 Å². The third-order valence-electron chi connectivity index (χ3n) is 4.06. The average molecular weight is 311 g/mol. The molecule has 1 aliphatic heterocycles. The van der Waals surface area contributed by atoms with Gasteiger partial charge >= 0.3 is 5.97 Å². The number of rotatable bonds is 5. The predicted octanol–water partition coefficient (Wildman–Crippen LogP) is 1.39. The number of aromatic nitrogens is 1. The second kappa shape index (κ2) is 6.72. The van der Waals surface area contributed by atoms with E-state index in [1.807, 2.05) is 0 Å². The largest absolute Gasteiger partial charge is 0.481 e. The van der Waals surface area contributed by atoms with E-state index in [0.29, 0.717) is 6.42 Å². The van der Waals surface area contributed by atoms with Gasteiger partial charge in [0.25, 0.3) is 0 Å². The molecule has 0 radical (unpaired) electrons. The number of nitrogens with one attached hydrogen (secondary N) is 1. The molecule has 0 spiro atoms. The van der Waals surface area contributed by atoms with Crippen LogP contribution >= 0.6 is 11.3 Å². The van der Waals surface area contributed by atoms with Crippen molar-refractivity contribution >= 4 is 22.4 Å². The number of aryl methyl sites for hydroxylation is 1. The fraction of sp³-hybridized carbons (Fsp3) is 0.714. The summed E-state index contributed by atoms with van der Waals surface area (Å²) >= 11 is 1.61. The van der Waals surface area contributed by atoms with Crippen LogP contribution in [0, 0.1) is 0 Å². The maximum Gasteiger partial charge on any atom is 0.312 e. The number of fused-ring (bicyclic) bond motifs is 1. The SMILES string of the molecule is O=C(O)C1CCCc2sc(NCCN3CCOCC3)nc21. The molecule has 1 aliphatic carbocycles. The van der Waals surface area contributed by atoms with Crippen LogP contribution in [-0.2, 0) is 16.0 Å². The van der Waals surface area contributed by atoms with Gasteiger partial charge in [0.1, 0.15) is 5.92 Å². The molecule has 0 amide bonds. The number of carboxylic acids is 1. The number of thiazole rings is 1. The minimum atomic E-state index is -0.749. The van der Waals surface area contributed by atoms with Gasteiger partial charge in [0, 0.05) is 31.1 Å². The van der Waals surface area contributed by atoms with E-state index in [1.54, 1.807) is 11.3 Å². The van der Waals surface area contributed by atoms with Crippen molar-refractivity contribution in [1.82, 2.24) is 9.88 Å². The number of nitrogens with zero attached hydrogens (tertiary/aromatic N) is 2. The van der Waals surface area contributed by atoms with Crippen LogP contribution in [0.25, 0.3) is 0 Å². The molecule has 2 heterocycles. The lowest BCUT2D eigenvalue weighted by Crippen LogP contribution is -2.39. The van der Waals surface area contributed by atoms with Crippen molar-refractivity contribution in [2.45, 2.75) is 25.2 Å². The van der Waals surface area contributed by atoms with Crippen molar-refractivity contribution in [3.8, 4) is 0 Å². The molecule has 2 aliphatic rings. The van der Waals surface area contributed by atoms with Gasteiger partial charge in [-0.05, 0) is 19.3 Å². The second-order valence-corrected chi connectivity index (χ2v) is 6.57. The molecule has 1 fully saturated rings. The maximum atomic E-state index is 11.3. The van der Waals surface area contributed by atoms with Crippen LogP contribution in [-0.4, -0.2) is 60.4 Å². The van der Waals surface area contributed by atoms with E-state index < -0.39 is 11.9 Å². The van der Waals surface area contributed by atoms with Gasteiger partial charge in [-0.15, -0.1) is 11.3 Å². The normalized spacial score (nSPS) is 22.8. The Morgan fingerprint density at radius 2 is 2.29 bits per heavy atom. The fourth-order valence-electron chi connectivity index (χ4n) is 2.88. The smallest absolute Gasteiger partial charge is 0.312 e. The Morgan fingerprint density at radius 3 is 3.05 bits per heavy atom. The van der Waals surface area contributed by atoms with Gasteiger partial charge in [-0.25, -0.2) is 4.98 Å². The van der Waals surface area contributed by atoms with E-state index in [4.69, 9.17) is 4.74 Å². The van der Waals surface area contributed by atoms with E-state index in [9.17, 15) is 9.90 Å². The number of ether oxygens (including phenoxy) is 1. The van der Waals surface area contributed by atoms with Crippen molar-refractivity contribution in [3.05, 3.63) is 10.6 Å². The van der Waals surface area contributed by atoms with Crippen LogP contribution in [0.5, 0.6) is 0 Å². The molecule has 1 unspecified atom stereocenters. The van der Waals surface area contributed by atoms with E-state index in [2.05, 4.69) is 15.2 Å². The minimum absolute atomic E-state index is 0.417. The molecular formula is C14H21N3O3S. The van der Waals surface area contributed by atoms with E-state index in [-0.39, 0.29) is 0 Å². The van der Waals surface area contributed by atoms with Gasteiger partial charge in [-0.1, -0.05) is 0 Å². The standard InChI is InChI=1S/C14H21N3O3S/c18-13(19)10-2-1-3-11-12(10)16-14(21-11)15-4-5-17-6-8-20-9-7-17/h10H,1-9H2,(H,15,16)(H,18,19). The molecule has 0 aromatic carbocycles. The Morgan fingerprint density at radius 1 is 1.48 bits per heavy atom. The number of carboxylic acid groups (broad SMARTS) is 1. The zero-order chi connectivity index (χ0) is 14.7. The van der Waals surface area contributed by atoms with Crippen LogP contribution in [0.2, 0.25) is 0 Å². The van der Waals surface area contributed by atoms with Gasteiger partial charge in [0.2, 0.25) is 0 Å². The van der Waals surface area contributed by atoms with Gasteiger partial charge in [0.05, 0.1) is 18.9 Å². The van der Waals surface area contributed by atoms with Crippen molar-refractivity contribution < 1.29 is 14.6 Å². The Hall–Kier alpha value is -1.18. The number of morpholine rings is 1. The predicted molar refractivity (Wildman–Crippen MR) is 81.2 cm³/mol. The molecule has 6 nitrogen and oxygen atoms in total. The third kappa shape index (κ3) is 3.53. The zero-order valence-corrected chi connectivity index (χ0v) is 12.8. The molecule has 3 rings (SSSR count). The highest BCUT2D eigenvalue weighted by molar-refractivity contribution is 7.15. The molecule has 21 heavy (non-hydrogen) atoms. The van der Waals surface area contributed by atoms with E-state index >= 15 is 0 Å². The molecule has 2 N–H and O–H groups in total. The fourth-order valence-corrected chi connectivity index (χ4v) is 3.97. The van der Waals surface area contributed by atoms with Crippen LogP contribution in [0.4, 0.5) is 5.13 Å². The summed E-state index contributed by atoms with van der Waals surface area (Å²) in [7, 11) is 0. The topological polar surface area (TPSA) is 74.7 Å². The van der Waals surface area contributed by atoms with Crippen LogP contribution in [0.1, 0.15) is 29.3 Å². The number of carbonyl (C=O) groups is 1. The van der Waals surface area contributed by atoms with Crippen molar-refractivity contribution in [3.63, 3.8) is 0 Å². The van der Waals surface area contributed by atoms with Crippen molar-refractivity contribution in [1.29, 1.82) is 0 Å². The molecule has 1 aromatic heterocycles. The Bertz CT molecular complexity index is 500. The summed E-state index contributed by atoms with van der Waals surface area (Å²) in [6.07, 6.45) is 2.61. The summed E-state index contributed by atoms with van der Waals surface area (Å²) in [6, 6.07) is 0. The van der Waals surface area contributed by atoms with E-state index in [0.717, 1.165) is 67.9 Å². The molecule has 1 saturated heterocycles. The number of aliphatic carboxylic acids is 1. The lowest BCUT2D eigenvalue weighted by molar-refractivity contribution is -0.139. The third-order valence-corrected chi connectivity index (χ3v) is 5.15. The lowest BCUT2D eigenvalue weighted by Gasteiger charge is -2.26. The monoisotopic (exact) mass is 311 g/mol. The molecule has 1 aromatic rings. The first-order valence-corrected chi connectivity index (χ1v) is 8.32. The van der Waals surface area contributed by atoms with Gasteiger partial charge in [-0.2, -0.15) is 0 Å².